The van der Waals surface area contributed by atoms with Crippen LogP contribution in [0.15, 0.2) is 11.4 Å². The molecule has 1 atom stereocenters. The topological polar surface area (TPSA) is 55.8 Å². The summed E-state index contributed by atoms with van der Waals surface area (Å²) in [5.41, 5.74) is 0. The van der Waals surface area contributed by atoms with Gasteiger partial charge in [-0.3, -0.25) is 0 Å². The Labute approximate surface area is 86.1 Å². The first kappa shape index (κ1) is 11.0. The highest BCUT2D eigenvalue weighted by Gasteiger charge is 2.08. The second-order valence-electron chi connectivity index (χ2n) is 2.81. The molecule has 0 radical (unpaired) electrons. The quantitative estimate of drug-likeness (QED) is 0.816. The van der Waals surface area contributed by atoms with Crippen molar-refractivity contribution in [3.63, 3.8) is 0 Å². The van der Waals surface area contributed by atoms with E-state index < -0.39 is 5.97 Å². The third-order valence-electron chi connectivity index (χ3n) is 1.67. The molecule has 78 valence electrons. The Bertz CT molecular complexity index is 308. The van der Waals surface area contributed by atoms with Crippen molar-refractivity contribution >= 4 is 17.3 Å². The van der Waals surface area contributed by atoms with E-state index in [9.17, 15) is 4.79 Å². The third-order valence-corrected chi connectivity index (χ3v) is 2.57. The van der Waals surface area contributed by atoms with Crippen LogP contribution in [0.3, 0.4) is 0 Å². The SMILES string of the molecule is COC(C)COc1csc(C(=O)O)c1. The Hall–Kier alpha value is -1.07. The molecule has 0 fully saturated rings. The van der Waals surface area contributed by atoms with Gasteiger partial charge in [-0.2, -0.15) is 0 Å². The molecule has 0 bridgehead atoms. The molecular formula is C9H12O4S. The number of ether oxygens (including phenoxy) is 2. The van der Waals surface area contributed by atoms with Crippen LogP contribution in [0, 0.1) is 0 Å². The molecule has 1 aromatic rings. The van der Waals surface area contributed by atoms with Crippen molar-refractivity contribution in [1.29, 1.82) is 0 Å². The molecule has 1 heterocycles. The summed E-state index contributed by atoms with van der Waals surface area (Å²) in [7, 11) is 1.60. The van der Waals surface area contributed by atoms with Gasteiger partial charge in [0.2, 0.25) is 0 Å². The second kappa shape index (κ2) is 4.97. The lowest BCUT2D eigenvalue weighted by molar-refractivity contribution is 0.0696. The van der Waals surface area contributed by atoms with Crippen LogP contribution in [-0.2, 0) is 4.74 Å². The maximum Gasteiger partial charge on any atom is 0.346 e. The second-order valence-corrected chi connectivity index (χ2v) is 3.72. The first-order valence-corrected chi connectivity index (χ1v) is 4.99. The van der Waals surface area contributed by atoms with Crippen LogP contribution >= 0.6 is 11.3 Å². The van der Waals surface area contributed by atoms with Gasteiger partial charge >= 0.3 is 5.97 Å². The molecule has 0 amide bonds. The highest BCUT2D eigenvalue weighted by Crippen LogP contribution is 2.21. The molecule has 0 aliphatic rings. The smallest absolute Gasteiger partial charge is 0.346 e. The molecule has 1 N–H and O–H groups in total. The number of carbonyl (C=O) groups is 1. The number of rotatable bonds is 5. The van der Waals surface area contributed by atoms with Gasteiger partial charge in [0.1, 0.15) is 17.2 Å². The van der Waals surface area contributed by atoms with E-state index in [-0.39, 0.29) is 11.0 Å². The fraction of sp³-hybridized carbons (Fsp3) is 0.444. The predicted octanol–water partition coefficient (Wildman–Crippen LogP) is 1.86. The minimum absolute atomic E-state index is 0.00294. The van der Waals surface area contributed by atoms with Gasteiger partial charge in [0.15, 0.2) is 0 Å². The van der Waals surface area contributed by atoms with E-state index >= 15 is 0 Å². The van der Waals surface area contributed by atoms with Crippen molar-refractivity contribution in [1.82, 2.24) is 0 Å². The van der Waals surface area contributed by atoms with Crippen molar-refractivity contribution in [3.8, 4) is 5.75 Å². The van der Waals surface area contributed by atoms with Gasteiger partial charge in [0, 0.05) is 18.6 Å². The highest BCUT2D eigenvalue weighted by molar-refractivity contribution is 7.12. The van der Waals surface area contributed by atoms with Crippen molar-refractivity contribution in [2.24, 2.45) is 0 Å². The van der Waals surface area contributed by atoms with Gasteiger partial charge < -0.3 is 14.6 Å². The summed E-state index contributed by atoms with van der Waals surface area (Å²) in [6.07, 6.45) is 0.00294. The molecular weight excluding hydrogens is 204 g/mol. The molecule has 0 saturated heterocycles. The van der Waals surface area contributed by atoms with Gasteiger partial charge in [-0.15, -0.1) is 11.3 Å². The summed E-state index contributed by atoms with van der Waals surface area (Å²) < 4.78 is 10.3. The fourth-order valence-electron chi connectivity index (χ4n) is 0.788. The first-order valence-electron chi connectivity index (χ1n) is 4.11. The Morgan fingerprint density at radius 1 is 1.71 bits per heavy atom. The number of methoxy groups -OCH3 is 1. The normalized spacial score (nSPS) is 12.4. The van der Waals surface area contributed by atoms with Gasteiger partial charge in [-0.1, -0.05) is 0 Å². The monoisotopic (exact) mass is 216 g/mol. The van der Waals surface area contributed by atoms with Crippen molar-refractivity contribution < 1.29 is 19.4 Å². The summed E-state index contributed by atoms with van der Waals surface area (Å²) in [5, 5.41) is 10.3. The van der Waals surface area contributed by atoms with E-state index in [1.807, 2.05) is 6.92 Å². The standard InChI is InChI=1S/C9H12O4S/c1-6(12-2)4-13-7-3-8(9(10)11)14-5-7/h3,5-6H,4H2,1-2H3,(H,10,11). The van der Waals surface area contributed by atoms with Gasteiger partial charge in [0.25, 0.3) is 0 Å². The van der Waals surface area contributed by atoms with Gasteiger partial charge in [0.05, 0.1) is 6.10 Å². The summed E-state index contributed by atoms with van der Waals surface area (Å²) in [4.78, 5) is 10.8. The lowest BCUT2D eigenvalue weighted by atomic mass is 10.4. The maximum absolute atomic E-state index is 10.5. The minimum atomic E-state index is -0.926. The molecule has 0 aliphatic heterocycles. The van der Waals surface area contributed by atoms with E-state index in [1.165, 1.54) is 6.07 Å². The molecule has 1 rings (SSSR count). The molecule has 0 saturated carbocycles. The number of carboxylic acid groups (broad SMARTS) is 1. The predicted molar refractivity (Wildman–Crippen MR) is 53.2 cm³/mol. The van der Waals surface area contributed by atoms with Crippen molar-refractivity contribution in [2.75, 3.05) is 13.7 Å². The molecule has 0 aliphatic carbocycles. The number of hydrogen-bond donors (Lipinski definition) is 1. The summed E-state index contributed by atoms with van der Waals surface area (Å²) >= 11 is 1.15. The van der Waals surface area contributed by atoms with E-state index in [0.717, 1.165) is 11.3 Å². The highest BCUT2D eigenvalue weighted by atomic mass is 32.1. The minimum Gasteiger partial charge on any atom is -0.490 e. The molecule has 14 heavy (non-hydrogen) atoms. The zero-order valence-electron chi connectivity index (χ0n) is 8.02. The number of thiophene rings is 1. The van der Waals surface area contributed by atoms with Crippen molar-refractivity contribution in [2.45, 2.75) is 13.0 Å². The van der Waals surface area contributed by atoms with E-state index in [0.29, 0.717) is 12.4 Å². The summed E-state index contributed by atoms with van der Waals surface area (Å²) in [6.45, 7) is 2.30. The van der Waals surface area contributed by atoms with E-state index in [2.05, 4.69) is 0 Å². The van der Waals surface area contributed by atoms with Crippen molar-refractivity contribution in [3.05, 3.63) is 16.3 Å². The fourth-order valence-corrected chi connectivity index (χ4v) is 1.45. The Kier molecular flexibility index (Phi) is 3.91. The lowest BCUT2D eigenvalue weighted by Crippen LogP contribution is -2.15. The summed E-state index contributed by atoms with van der Waals surface area (Å²) in [5.74, 6) is -0.346. The number of carboxylic acids is 1. The lowest BCUT2D eigenvalue weighted by Gasteiger charge is -2.09. The van der Waals surface area contributed by atoms with Crippen LogP contribution in [0.2, 0.25) is 0 Å². The summed E-state index contributed by atoms with van der Waals surface area (Å²) in [6, 6.07) is 1.51. The van der Waals surface area contributed by atoms with Crippen LogP contribution in [0.5, 0.6) is 5.75 Å². The number of hydrogen-bond acceptors (Lipinski definition) is 4. The first-order chi connectivity index (χ1) is 6.63. The number of aromatic carboxylic acids is 1. The Balaban J connectivity index is 2.48. The average Bonchev–Trinajstić information content (AvgIpc) is 2.62. The Morgan fingerprint density at radius 2 is 2.43 bits per heavy atom. The Morgan fingerprint density at radius 3 is 2.93 bits per heavy atom. The zero-order chi connectivity index (χ0) is 10.6. The molecule has 5 heteroatoms. The van der Waals surface area contributed by atoms with Crippen LogP contribution in [0.1, 0.15) is 16.6 Å². The molecule has 1 unspecified atom stereocenters. The van der Waals surface area contributed by atoms with Crippen LogP contribution < -0.4 is 4.74 Å². The molecule has 1 aromatic heterocycles. The van der Waals surface area contributed by atoms with Crippen LogP contribution in [-0.4, -0.2) is 30.9 Å². The molecule has 0 spiro atoms. The third kappa shape index (κ3) is 3.01. The van der Waals surface area contributed by atoms with Gasteiger partial charge in [-0.05, 0) is 6.92 Å². The molecule has 4 nitrogen and oxygen atoms in total. The average molecular weight is 216 g/mol. The molecule has 0 aromatic carbocycles. The van der Waals surface area contributed by atoms with Gasteiger partial charge in [-0.25, -0.2) is 4.79 Å². The van der Waals surface area contributed by atoms with Crippen LogP contribution in [0.25, 0.3) is 0 Å². The van der Waals surface area contributed by atoms with E-state index in [1.54, 1.807) is 12.5 Å². The van der Waals surface area contributed by atoms with E-state index in [4.69, 9.17) is 14.6 Å². The van der Waals surface area contributed by atoms with Crippen LogP contribution in [0.4, 0.5) is 0 Å². The largest absolute Gasteiger partial charge is 0.490 e. The maximum atomic E-state index is 10.5. The zero-order valence-corrected chi connectivity index (χ0v) is 8.84.